The van der Waals surface area contributed by atoms with E-state index in [2.05, 4.69) is 35.8 Å². The average Bonchev–Trinajstić information content (AvgIpc) is 3.63. The van der Waals surface area contributed by atoms with Gasteiger partial charge in [0.25, 0.3) is 0 Å². The van der Waals surface area contributed by atoms with E-state index in [1.807, 2.05) is 30.3 Å². The van der Waals surface area contributed by atoms with Crippen LogP contribution in [-0.4, -0.2) is 47.0 Å². The number of hydrogen-bond acceptors (Lipinski definition) is 10. The Morgan fingerprint density at radius 2 is 1.86 bits per heavy atom. The summed E-state index contributed by atoms with van der Waals surface area (Å²) in [4.78, 5) is 28.6. The van der Waals surface area contributed by atoms with Crippen LogP contribution in [0.3, 0.4) is 0 Å². The molecule has 1 aliphatic rings. The molecule has 0 unspecified atom stereocenters. The molecule has 37 heavy (non-hydrogen) atoms. The van der Waals surface area contributed by atoms with Crippen LogP contribution in [0.15, 0.2) is 48.8 Å². The van der Waals surface area contributed by atoms with Crippen LogP contribution in [0.5, 0.6) is 5.88 Å². The Hall–Kier alpha value is -4.06. The number of ketones is 1. The number of aromatic nitrogens is 7. The van der Waals surface area contributed by atoms with Gasteiger partial charge in [-0.3, -0.25) is 19.8 Å². The van der Waals surface area contributed by atoms with Crippen molar-refractivity contribution < 1.29 is 14.3 Å². The van der Waals surface area contributed by atoms with Crippen LogP contribution in [0, 0.1) is 5.92 Å². The number of carbonyl (C=O) groups is 2. The van der Waals surface area contributed by atoms with Crippen molar-refractivity contribution in [1.82, 2.24) is 35.2 Å². The van der Waals surface area contributed by atoms with Gasteiger partial charge in [0.1, 0.15) is 10.8 Å². The summed E-state index contributed by atoms with van der Waals surface area (Å²) in [6, 6.07) is 11.0. The van der Waals surface area contributed by atoms with E-state index in [0.717, 1.165) is 42.1 Å². The monoisotopic (exact) mass is 518 g/mol. The summed E-state index contributed by atoms with van der Waals surface area (Å²) in [5, 5.41) is 24.9. The first-order valence-electron chi connectivity index (χ1n) is 12.0. The molecule has 0 radical (unpaired) electrons. The SMILES string of the molecule is Cn1ccc(OC(=O)Nc2nnc([C@@H]3CC[C@H](Cc4ccc(CC(=O)Cc5ccccn5)nn4)C3)s2)n1. The number of rotatable bonds is 9. The Morgan fingerprint density at radius 1 is 1.03 bits per heavy atom. The van der Waals surface area contributed by atoms with E-state index in [4.69, 9.17) is 4.74 Å². The minimum absolute atomic E-state index is 0.0651. The zero-order valence-electron chi connectivity index (χ0n) is 20.3. The fourth-order valence-electron chi connectivity index (χ4n) is 4.45. The highest BCUT2D eigenvalue weighted by molar-refractivity contribution is 7.15. The molecule has 5 rings (SSSR count). The Labute approximate surface area is 217 Å². The highest BCUT2D eigenvalue weighted by Crippen LogP contribution is 2.41. The molecule has 4 aromatic rings. The average molecular weight is 519 g/mol. The van der Waals surface area contributed by atoms with Crippen LogP contribution in [0.4, 0.5) is 9.93 Å². The number of Topliss-reactive ketones (excluding diaryl/α,β-unsaturated/α-hetero) is 1. The smallest absolute Gasteiger partial charge is 0.389 e. The van der Waals surface area contributed by atoms with E-state index in [9.17, 15) is 9.59 Å². The Balaban J connectivity index is 1.08. The molecule has 2 atom stereocenters. The minimum Gasteiger partial charge on any atom is -0.389 e. The largest absolute Gasteiger partial charge is 0.420 e. The lowest BCUT2D eigenvalue weighted by Gasteiger charge is -2.09. The molecule has 0 aliphatic heterocycles. The molecule has 11 nitrogen and oxygen atoms in total. The zero-order valence-corrected chi connectivity index (χ0v) is 21.1. The van der Waals surface area contributed by atoms with E-state index in [0.29, 0.717) is 29.1 Å². The second-order valence-corrected chi connectivity index (χ2v) is 10.1. The summed E-state index contributed by atoms with van der Waals surface area (Å²) in [6.07, 6.45) is 7.13. The normalized spacial score (nSPS) is 17.0. The molecule has 0 aromatic carbocycles. The molecule has 0 spiro atoms. The van der Waals surface area contributed by atoms with Crippen LogP contribution in [0.1, 0.15) is 47.3 Å². The fraction of sp³-hybridized carbons (Fsp3) is 0.360. The first-order chi connectivity index (χ1) is 18.0. The molecule has 4 heterocycles. The predicted molar refractivity (Wildman–Crippen MR) is 135 cm³/mol. The molecule has 12 heteroatoms. The number of carbonyl (C=O) groups excluding carboxylic acids is 2. The lowest BCUT2D eigenvalue weighted by Crippen LogP contribution is -2.16. The number of anilines is 1. The number of amides is 1. The van der Waals surface area contributed by atoms with Gasteiger partial charge in [0.15, 0.2) is 0 Å². The molecule has 4 aromatic heterocycles. The second kappa shape index (κ2) is 11.3. The molecule has 1 fully saturated rings. The van der Waals surface area contributed by atoms with Crippen molar-refractivity contribution in [3.63, 3.8) is 0 Å². The van der Waals surface area contributed by atoms with Crippen molar-refractivity contribution in [1.29, 1.82) is 0 Å². The van der Waals surface area contributed by atoms with E-state index in [1.165, 1.54) is 11.3 Å². The van der Waals surface area contributed by atoms with Gasteiger partial charge in [0.05, 0.1) is 17.8 Å². The summed E-state index contributed by atoms with van der Waals surface area (Å²) in [5.41, 5.74) is 2.35. The number of nitrogens with zero attached hydrogens (tertiary/aromatic N) is 7. The van der Waals surface area contributed by atoms with Crippen molar-refractivity contribution in [2.45, 2.75) is 44.4 Å². The van der Waals surface area contributed by atoms with Crippen molar-refractivity contribution in [3.05, 3.63) is 70.9 Å². The molecule has 1 amide bonds. The summed E-state index contributed by atoms with van der Waals surface area (Å²) >= 11 is 1.37. The van der Waals surface area contributed by atoms with Gasteiger partial charge in [-0.15, -0.1) is 15.3 Å². The van der Waals surface area contributed by atoms with Gasteiger partial charge in [0, 0.05) is 43.5 Å². The molecular formula is C25H26N8O3S. The van der Waals surface area contributed by atoms with Crippen LogP contribution in [0.25, 0.3) is 0 Å². The Kier molecular flexibility index (Phi) is 7.54. The summed E-state index contributed by atoms with van der Waals surface area (Å²) in [7, 11) is 1.74. The van der Waals surface area contributed by atoms with Gasteiger partial charge in [-0.1, -0.05) is 17.4 Å². The summed E-state index contributed by atoms with van der Waals surface area (Å²) in [6.45, 7) is 0. The first kappa shape index (κ1) is 24.6. The maximum atomic E-state index is 12.3. The molecule has 190 valence electrons. The van der Waals surface area contributed by atoms with Crippen LogP contribution < -0.4 is 10.1 Å². The quantitative estimate of drug-likeness (QED) is 0.352. The number of ether oxygens (including phenoxy) is 1. The summed E-state index contributed by atoms with van der Waals surface area (Å²) in [5.74, 6) is 1.04. The van der Waals surface area contributed by atoms with Crippen molar-refractivity contribution in [2.75, 3.05) is 5.32 Å². The fourth-order valence-corrected chi connectivity index (χ4v) is 5.32. The maximum absolute atomic E-state index is 12.3. The van der Waals surface area contributed by atoms with E-state index >= 15 is 0 Å². The highest BCUT2D eigenvalue weighted by atomic mass is 32.1. The van der Waals surface area contributed by atoms with Crippen molar-refractivity contribution >= 4 is 28.3 Å². The lowest BCUT2D eigenvalue weighted by molar-refractivity contribution is -0.117. The number of nitrogens with one attached hydrogen (secondary N) is 1. The van der Waals surface area contributed by atoms with Crippen molar-refractivity contribution in [2.24, 2.45) is 13.0 Å². The topological polar surface area (TPSA) is 138 Å². The van der Waals surface area contributed by atoms with E-state index in [1.54, 1.807) is 30.2 Å². The molecular weight excluding hydrogens is 492 g/mol. The third-order valence-electron chi connectivity index (χ3n) is 6.18. The van der Waals surface area contributed by atoms with E-state index in [-0.39, 0.29) is 18.1 Å². The van der Waals surface area contributed by atoms with Gasteiger partial charge < -0.3 is 4.74 Å². The molecule has 0 bridgehead atoms. The van der Waals surface area contributed by atoms with Gasteiger partial charge in [-0.05, 0) is 55.9 Å². The van der Waals surface area contributed by atoms with Gasteiger partial charge >= 0.3 is 6.09 Å². The minimum atomic E-state index is -0.647. The molecule has 1 N–H and O–H groups in total. The Morgan fingerprint density at radius 3 is 2.62 bits per heavy atom. The lowest BCUT2D eigenvalue weighted by atomic mass is 9.99. The maximum Gasteiger partial charge on any atom is 0.420 e. The number of pyridine rings is 1. The van der Waals surface area contributed by atoms with Crippen LogP contribution >= 0.6 is 11.3 Å². The van der Waals surface area contributed by atoms with Gasteiger partial charge in [-0.25, -0.2) is 4.79 Å². The summed E-state index contributed by atoms with van der Waals surface area (Å²) < 4.78 is 6.69. The third kappa shape index (κ3) is 6.79. The highest BCUT2D eigenvalue weighted by Gasteiger charge is 2.29. The zero-order chi connectivity index (χ0) is 25.6. The Bertz CT molecular complexity index is 1360. The second-order valence-electron chi connectivity index (χ2n) is 9.10. The van der Waals surface area contributed by atoms with Crippen LogP contribution in [0.2, 0.25) is 0 Å². The van der Waals surface area contributed by atoms with Crippen molar-refractivity contribution in [3.8, 4) is 5.88 Å². The third-order valence-corrected chi connectivity index (χ3v) is 7.18. The van der Waals surface area contributed by atoms with Crippen LogP contribution in [-0.2, 0) is 31.1 Å². The van der Waals surface area contributed by atoms with E-state index < -0.39 is 6.09 Å². The first-order valence-corrected chi connectivity index (χ1v) is 12.9. The number of aryl methyl sites for hydroxylation is 1. The number of hydrogen-bond donors (Lipinski definition) is 1. The van der Waals surface area contributed by atoms with Gasteiger partial charge in [0.2, 0.25) is 11.0 Å². The van der Waals surface area contributed by atoms with Gasteiger partial charge in [-0.2, -0.15) is 10.2 Å². The molecule has 1 saturated carbocycles. The predicted octanol–water partition coefficient (Wildman–Crippen LogP) is 3.55. The molecule has 0 saturated heterocycles. The molecule has 1 aliphatic carbocycles. The standard InChI is InChI=1S/C25H26N8O3S/c1-33-11-9-22(32-33)36-25(35)27-24-31-30-23(37-24)17-6-5-16(12-17)13-19-7-8-20(29-28-19)15-21(34)14-18-4-2-3-10-26-18/h2-4,7-11,16-17H,5-6,12-15H2,1H3,(H,27,31,35)/t16-,17+/m0/s1.